The average Bonchev–Trinajstić information content (AvgIpc) is 1.65. The van der Waals surface area contributed by atoms with E-state index in [0.717, 1.165) is 6.92 Å². The molecule has 0 bridgehead atoms. The molecule has 0 aliphatic rings. The van der Waals surface area contributed by atoms with E-state index in [1.165, 1.54) is 0 Å². The van der Waals surface area contributed by atoms with Gasteiger partial charge in [-0.1, -0.05) is 0 Å². The Bertz CT molecular complexity index is 96.7. The Morgan fingerprint density at radius 2 is 1.50 bits per heavy atom. The summed E-state index contributed by atoms with van der Waals surface area (Å²) < 4.78 is 6.06. The molecule has 0 aromatic heterocycles. The molecule has 4 nitrogen and oxygen atoms in total. The molecule has 0 radical (unpaired) electrons. The monoisotopic (exact) mass is 121 g/mol. The highest BCUT2D eigenvalue weighted by atomic mass is 16.4. The van der Waals surface area contributed by atoms with Crippen molar-refractivity contribution in [2.24, 2.45) is 0 Å². The molecule has 0 aromatic carbocycles. The van der Waals surface area contributed by atoms with Crippen LogP contribution in [0.3, 0.4) is 0 Å². The number of carboxylic acid groups (broad SMARTS) is 2. The Labute approximate surface area is 48.2 Å². The number of rotatable bonds is 0. The van der Waals surface area contributed by atoms with Gasteiger partial charge in [-0.15, -0.1) is 0 Å². The lowest BCUT2D eigenvalue weighted by Crippen LogP contribution is -1.78. The SMILES string of the molecule is CC(=O)O.[2H]CC(=O)O. The molecule has 0 rings (SSSR count). The summed E-state index contributed by atoms with van der Waals surface area (Å²) in [5.41, 5.74) is 0. The lowest BCUT2D eigenvalue weighted by atomic mass is 10.9. The fourth-order valence-electron chi connectivity index (χ4n) is 0. The molecule has 0 spiro atoms. The minimum atomic E-state index is -1.08. The first-order valence-corrected chi connectivity index (χ1v) is 1.71. The van der Waals surface area contributed by atoms with Crippen molar-refractivity contribution in [2.45, 2.75) is 13.8 Å². The highest BCUT2D eigenvalue weighted by Gasteiger charge is 1.65. The van der Waals surface area contributed by atoms with Gasteiger partial charge in [0.15, 0.2) is 0 Å². The first-order valence-electron chi connectivity index (χ1n) is 2.42. The van der Waals surface area contributed by atoms with Gasteiger partial charge in [0.2, 0.25) is 0 Å². The number of aliphatic carboxylic acids is 2. The van der Waals surface area contributed by atoms with Gasteiger partial charge < -0.3 is 10.2 Å². The number of hydrogen-bond acceptors (Lipinski definition) is 2. The molecule has 0 amide bonds. The largest absolute Gasteiger partial charge is 0.481 e. The Morgan fingerprint density at radius 1 is 1.38 bits per heavy atom. The van der Waals surface area contributed by atoms with Crippen molar-refractivity contribution in [2.75, 3.05) is 0 Å². The van der Waals surface area contributed by atoms with Crippen LogP contribution in [0, 0.1) is 0 Å². The van der Waals surface area contributed by atoms with Crippen molar-refractivity contribution >= 4 is 11.9 Å². The van der Waals surface area contributed by atoms with Crippen molar-refractivity contribution < 1.29 is 21.2 Å². The number of carboxylic acids is 2. The van der Waals surface area contributed by atoms with E-state index >= 15 is 0 Å². The van der Waals surface area contributed by atoms with E-state index in [2.05, 4.69) is 0 Å². The van der Waals surface area contributed by atoms with Crippen LogP contribution in [-0.2, 0) is 9.59 Å². The molecule has 0 aliphatic carbocycles. The Balaban J connectivity index is 0. The summed E-state index contributed by atoms with van der Waals surface area (Å²) in [7, 11) is 0. The molecule has 0 fully saturated rings. The molecule has 0 saturated heterocycles. The molecular formula is C4H8O4. The zero-order valence-electron chi connectivity index (χ0n) is 5.42. The van der Waals surface area contributed by atoms with Crippen LogP contribution in [-0.4, -0.2) is 22.2 Å². The topological polar surface area (TPSA) is 74.6 Å². The van der Waals surface area contributed by atoms with Gasteiger partial charge in [-0.2, -0.15) is 0 Å². The molecular weight excluding hydrogens is 112 g/mol. The maximum atomic E-state index is 9.18. The van der Waals surface area contributed by atoms with E-state index in [1.807, 2.05) is 0 Å². The van der Waals surface area contributed by atoms with Crippen LogP contribution in [0.2, 0.25) is 0 Å². The maximum Gasteiger partial charge on any atom is 0.300 e. The van der Waals surface area contributed by atoms with Crippen LogP contribution < -0.4 is 0 Å². The molecule has 4 heteroatoms. The smallest absolute Gasteiger partial charge is 0.300 e. The van der Waals surface area contributed by atoms with Gasteiger partial charge in [-0.3, -0.25) is 9.59 Å². The van der Waals surface area contributed by atoms with Crippen molar-refractivity contribution in [1.29, 1.82) is 0 Å². The molecule has 0 aromatic rings. The molecule has 0 heterocycles. The molecule has 0 saturated carbocycles. The van der Waals surface area contributed by atoms with Crippen molar-refractivity contribution in [1.82, 2.24) is 0 Å². The second kappa shape index (κ2) is 5.94. The van der Waals surface area contributed by atoms with E-state index in [-0.39, 0.29) is 0 Å². The van der Waals surface area contributed by atoms with Crippen LogP contribution in [0.4, 0.5) is 0 Å². The first-order chi connectivity index (χ1) is 4.00. The highest BCUT2D eigenvalue weighted by Crippen LogP contribution is 1.42. The van der Waals surface area contributed by atoms with Crippen LogP contribution in [0.5, 0.6) is 0 Å². The van der Waals surface area contributed by atoms with Gasteiger partial charge >= 0.3 is 0 Å². The second-order valence-electron chi connectivity index (χ2n) is 0.913. The lowest BCUT2D eigenvalue weighted by molar-refractivity contribution is -0.135. The summed E-state index contributed by atoms with van der Waals surface area (Å²) in [6.45, 7) is 0.556. The summed E-state index contributed by atoms with van der Waals surface area (Å²) in [5, 5.41) is 15.0. The summed E-state index contributed by atoms with van der Waals surface area (Å²) >= 11 is 0. The molecule has 0 aliphatic heterocycles. The minimum absolute atomic E-state index is 0.528. The Hall–Kier alpha value is -1.06. The van der Waals surface area contributed by atoms with Crippen molar-refractivity contribution in [3.05, 3.63) is 0 Å². The van der Waals surface area contributed by atoms with E-state index in [0.29, 0.717) is 0 Å². The highest BCUT2D eigenvalue weighted by molar-refractivity contribution is 5.63. The van der Waals surface area contributed by atoms with Gasteiger partial charge in [0.25, 0.3) is 11.9 Å². The van der Waals surface area contributed by atoms with Gasteiger partial charge in [0.05, 0.1) is 0 Å². The predicted molar refractivity (Wildman–Crippen MR) is 26.6 cm³/mol. The van der Waals surface area contributed by atoms with Gasteiger partial charge in [0.1, 0.15) is 0 Å². The first kappa shape index (κ1) is 6.94. The van der Waals surface area contributed by atoms with Gasteiger partial charge in [-0.25, -0.2) is 0 Å². The molecule has 8 heavy (non-hydrogen) atoms. The summed E-state index contributed by atoms with van der Waals surface area (Å²) in [4.78, 5) is 18.2. The third-order valence-corrected chi connectivity index (χ3v) is 0. The van der Waals surface area contributed by atoms with Crippen molar-refractivity contribution in [3.63, 3.8) is 0 Å². The van der Waals surface area contributed by atoms with Crippen LogP contribution in [0.25, 0.3) is 0 Å². The zero-order valence-corrected chi connectivity index (χ0v) is 4.42. The van der Waals surface area contributed by atoms with Crippen molar-refractivity contribution in [3.8, 4) is 0 Å². The molecule has 0 atom stereocenters. The van der Waals surface area contributed by atoms with E-state index in [4.69, 9.17) is 16.4 Å². The van der Waals surface area contributed by atoms with E-state index in [1.54, 1.807) is 0 Å². The van der Waals surface area contributed by atoms with E-state index < -0.39 is 18.8 Å². The summed E-state index contributed by atoms with van der Waals surface area (Å²) in [5.74, 6) is -1.91. The lowest BCUT2D eigenvalue weighted by Gasteiger charge is -1.59. The van der Waals surface area contributed by atoms with E-state index in [9.17, 15) is 4.79 Å². The standard InChI is InChI=1S/2C2H4O2/c2*1-2(3)4/h2*1H3,(H,3,4)/i1D;. The zero-order chi connectivity index (χ0) is 7.86. The number of carbonyl (C=O) groups is 2. The second-order valence-corrected chi connectivity index (χ2v) is 0.913. The minimum Gasteiger partial charge on any atom is -0.481 e. The summed E-state index contributed by atoms with van der Waals surface area (Å²) in [6.07, 6.45) is 0. The molecule has 48 valence electrons. The van der Waals surface area contributed by atoms with Crippen LogP contribution >= 0.6 is 0 Å². The van der Waals surface area contributed by atoms with Crippen LogP contribution in [0.15, 0.2) is 0 Å². The molecule has 0 unspecified atom stereocenters. The quantitative estimate of drug-likeness (QED) is 0.479. The fourth-order valence-corrected chi connectivity index (χ4v) is 0. The predicted octanol–water partition coefficient (Wildman–Crippen LogP) is 0.182. The Morgan fingerprint density at radius 3 is 1.50 bits per heavy atom. The number of hydrogen-bond donors (Lipinski definition) is 2. The average molecular weight is 121 g/mol. The van der Waals surface area contributed by atoms with Gasteiger partial charge in [0, 0.05) is 15.2 Å². The Kier molecular flexibility index (Phi) is 5.15. The molecule has 2 N–H and O–H groups in total. The van der Waals surface area contributed by atoms with Crippen LogP contribution in [0.1, 0.15) is 15.2 Å². The van der Waals surface area contributed by atoms with Gasteiger partial charge in [-0.05, 0) is 0 Å². The summed E-state index contributed by atoms with van der Waals surface area (Å²) in [6, 6.07) is 0. The maximum absolute atomic E-state index is 9.18. The normalized spacial score (nSPS) is 7.88. The third kappa shape index (κ3) is 68.3. The third-order valence-electron chi connectivity index (χ3n) is 0. The fraction of sp³-hybridized carbons (Fsp3) is 0.500.